The second kappa shape index (κ2) is 6.31. The van der Waals surface area contributed by atoms with Crippen LogP contribution in [0.4, 0.5) is 4.39 Å². The fourth-order valence-electron chi connectivity index (χ4n) is 2.47. The molecule has 0 aliphatic rings. The third-order valence-corrected chi connectivity index (χ3v) is 3.80. The Morgan fingerprint density at radius 2 is 1.76 bits per heavy atom. The number of aromatic nitrogens is 2. The number of halogens is 1. The molecule has 0 radical (unpaired) electrons. The van der Waals surface area contributed by atoms with Gasteiger partial charge in [0.05, 0.1) is 0 Å². The lowest BCUT2D eigenvalue weighted by Gasteiger charge is -2.15. The van der Waals surface area contributed by atoms with E-state index in [4.69, 9.17) is 5.73 Å². The van der Waals surface area contributed by atoms with Crippen LogP contribution >= 0.6 is 0 Å². The van der Waals surface area contributed by atoms with Gasteiger partial charge in [-0.05, 0) is 69.0 Å². The molecule has 3 nitrogen and oxygen atoms in total. The molecule has 1 unspecified atom stereocenters. The molecule has 0 bridgehead atoms. The first-order chi connectivity index (χ1) is 9.92. The van der Waals surface area contributed by atoms with Crippen molar-refractivity contribution in [3.63, 3.8) is 0 Å². The summed E-state index contributed by atoms with van der Waals surface area (Å²) in [7, 11) is 0. The number of benzene rings is 1. The average molecular weight is 287 g/mol. The Hall–Kier alpha value is -1.81. The minimum atomic E-state index is -0.238. The molecule has 0 aliphatic carbocycles. The second-order valence-corrected chi connectivity index (χ2v) is 5.70. The number of nitrogens with zero attached hydrogens (tertiary/aromatic N) is 2. The van der Waals surface area contributed by atoms with Crippen LogP contribution in [0.15, 0.2) is 18.2 Å². The van der Waals surface area contributed by atoms with Crippen molar-refractivity contribution in [2.45, 2.75) is 34.1 Å². The molecule has 0 spiro atoms. The Balaban J connectivity index is 2.44. The maximum atomic E-state index is 13.2. The van der Waals surface area contributed by atoms with Gasteiger partial charge in [0.2, 0.25) is 0 Å². The van der Waals surface area contributed by atoms with Crippen LogP contribution in [-0.2, 0) is 6.42 Å². The van der Waals surface area contributed by atoms with E-state index in [1.54, 1.807) is 6.07 Å². The van der Waals surface area contributed by atoms with Gasteiger partial charge >= 0.3 is 0 Å². The highest BCUT2D eigenvalue weighted by Crippen LogP contribution is 2.24. The Morgan fingerprint density at radius 3 is 2.29 bits per heavy atom. The molecule has 0 aliphatic heterocycles. The average Bonchev–Trinajstić information content (AvgIpc) is 2.42. The monoisotopic (exact) mass is 287 g/mol. The van der Waals surface area contributed by atoms with Gasteiger partial charge in [0, 0.05) is 17.0 Å². The summed E-state index contributed by atoms with van der Waals surface area (Å²) < 4.78 is 13.2. The Labute approximate surface area is 125 Å². The minimum absolute atomic E-state index is 0.238. The normalized spacial score (nSPS) is 12.5. The quantitative estimate of drug-likeness (QED) is 0.938. The summed E-state index contributed by atoms with van der Waals surface area (Å²) >= 11 is 0. The van der Waals surface area contributed by atoms with Crippen LogP contribution in [-0.4, -0.2) is 16.5 Å². The third-order valence-electron chi connectivity index (χ3n) is 3.80. The van der Waals surface area contributed by atoms with E-state index in [2.05, 4.69) is 16.9 Å². The van der Waals surface area contributed by atoms with Gasteiger partial charge in [-0.2, -0.15) is 0 Å². The highest BCUT2D eigenvalue weighted by molar-refractivity contribution is 5.60. The fourth-order valence-corrected chi connectivity index (χ4v) is 2.47. The first kappa shape index (κ1) is 15.6. The first-order valence-electron chi connectivity index (χ1n) is 7.23. The molecular formula is C17H22FN3. The molecular weight excluding hydrogens is 265 g/mol. The van der Waals surface area contributed by atoms with E-state index in [0.29, 0.717) is 18.3 Å². The molecule has 1 aromatic heterocycles. The number of nitrogens with two attached hydrogens (primary N) is 1. The lowest BCUT2D eigenvalue weighted by atomic mass is 9.98. The first-order valence-corrected chi connectivity index (χ1v) is 7.23. The molecule has 0 saturated carbocycles. The van der Waals surface area contributed by atoms with Crippen LogP contribution in [0.2, 0.25) is 0 Å². The van der Waals surface area contributed by atoms with E-state index in [1.165, 1.54) is 12.1 Å². The van der Waals surface area contributed by atoms with E-state index in [0.717, 1.165) is 34.5 Å². The molecule has 2 rings (SSSR count). The van der Waals surface area contributed by atoms with Gasteiger partial charge in [0.15, 0.2) is 5.82 Å². The van der Waals surface area contributed by atoms with Gasteiger partial charge in [0.25, 0.3) is 0 Å². The van der Waals surface area contributed by atoms with Crippen LogP contribution in [0.3, 0.4) is 0 Å². The van der Waals surface area contributed by atoms with Crippen LogP contribution in [0, 0.1) is 32.5 Å². The predicted octanol–water partition coefficient (Wildman–Crippen LogP) is 3.35. The van der Waals surface area contributed by atoms with Gasteiger partial charge in [-0.15, -0.1) is 0 Å². The third kappa shape index (κ3) is 3.45. The van der Waals surface area contributed by atoms with Crippen molar-refractivity contribution in [2.75, 3.05) is 6.54 Å². The van der Waals surface area contributed by atoms with E-state index < -0.39 is 0 Å². The van der Waals surface area contributed by atoms with Crippen molar-refractivity contribution >= 4 is 0 Å². The molecule has 0 saturated heterocycles. The lowest BCUT2D eigenvalue weighted by Crippen LogP contribution is -2.15. The van der Waals surface area contributed by atoms with Gasteiger partial charge < -0.3 is 5.73 Å². The van der Waals surface area contributed by atoms with Gasteiger partial charge in [-0.3, -0.25) is 0 Å². The maximum absolute atomic E-state index is 13.2. The molecule has 1 atom stereocenters. The van der Waals surface area contributed by atoms with Crippen LogP contribution in [0.25, 0.3) is 11.4 Å². The van der Waals surface area contributed by atoms with Crippen LogP contribution in [0.5, 0.6) is 0 Å². The summed E-state index contributed by atoms with van der Waals surface area (Å²) in [6.07, 6.45) is 0.886. The summed E-state index contributed by atoms with van der Waals surface area (Å²) in [6, 6.07) is 4.69. The molecule has 4 heteroatoms. The van der Waals surface area contributed by atoms with Crippen molar-refractivity contribution in [1.29, 1.82) is 0 Å². The zero-order chi connectivity index (χ0) is 15.6. The maximum Gasteiger partial charge on any atom is 0.159 e. The molecule has 21 heavy (non-hydrogen) atoms. The number of hydrogen-bond donors (Lipinski definition) is 1. The smallest absolute Gasteiger partial charge is 0.159 e. The van der Waals surface area contributed by atoms with E-state index in [1.807, 2.05) is 20.8 Å². The number of rotatable bonds is 4. The topological polar surface area (TPSA) is 51.8 Å². The Kier molecular flexibility index (Phi) is 4.68. The van der Waals surface area contributed by atoms with Crippen LogP contribution in [0.1, 0.15) is 29.4 Å². The largest absolute Gasteiger partial charge is 0.330 e. The van der Waals surface area contributed by atoms with Crippen molar-refractivity contribution in [3.05, 3.63) is 46.5 Å². The van der Waals surface area contributed by atoms with Gasteiger partial charge in [-0.25, -0.2) is 14.4 Å². The number of hydrogen-bond acceptors (Lipinski definition) is 3. The summed E-state index contributed by atoms with van der Waals surface area (Å²) in [6.45, 7) is 8.64. The Morgan fingerprint density at radius 1 is 1.14 bits per heavy atom. The summed E-state index contributed by atoms with van der Waals surface area (Å²) in [5.74, 6) is 0.828. The molecule has 2 aromatic rings. The Bertz CT molecular complexity index is 629. The highest BCUT2D eigenvalue weighted by Gasteiger charge is 2.13. The van der Waals surface area contributed by atoms with E-state index >= 15 is 0 Å². The molecule has 1 aromatic carbocycles. The van der Waals surface area contributed by atoms with Crippen LogP contribution < -0.4 is 5.73 Å². The van der Waals surface area contributed by atoms with Crippen molar-refractivity contribution in [2.24, 2.45) is 11.7 Å². The predicted molar refractivity (Wildman–Crippen MR) is 83.6 cm³/mol. The van der Waals surface area contributed by atoms with E-state index in [9.17, 15) is 4.39 Å². The van der Waals surface area contributed by atoms with E-state index in [-0.39, 0.29) is 5.82 Å². The molecule has 112 valence electrons. The molecule has 1 heterocycles. The zero-order valence-electron chi connectivity index (χ0n) is 13.1. The molecule has 0 fully saturated rings. The minimum Gasteiger partial charge on any atom is -0.330 e. The molecule has 0 amide bonds. The van der Waals surface area contributed by atoms with Crippen molar-refractivity contribution in [1.82, 2.24) is 9.97 Å². The SMILES string of the molecule is Cc1cc(F)ccc1-c1nc(C)c(CC(C)CN)c(C)n1. The summed E-state index contributed by atoms with van der Waals surface area (Å²) in [5.41, 5.74) is 10.5. The summed E-state index contributed by atoms with van der Waals surface area (Å²) in [4.78, 5) is 9.22. The fraction of sp³-hybridized carbons (Fsp3) is 0.412. The zero-order valence-corrected chi connectivity index (χ0v) is 13.1. The van der Waals surface area contributed by atoms with Crippen molar-refractivity contribution < 1.29 is 4.39 Å². The number of aryl methyl sites for hydroxylation is 3. The standard InChI is InChI=1S/C17H22FN3/c1-10(9-19)7-16-12(3)20-17(21-13(16)4)15-6-5-14(18)8-11(15)2/h5-6,8,10H,7,9,19H2,1-4H3. The second-order valence-electron chi connectivity index (χ2n) is 5.70. The molecule has 2 N–H and O–H groups in total. The van der Waals surface area contributed by atoms with Crippen molar-refractivity contribution in [3.8, 4) is 11.4 Å². The highest BCUT2D eigenvalue weighted by atomic mass is 19.1. The summed E-state index contributed by atoms with van der Waals surface area (Å²) in [5, 5.41) is 0. The lowest BCUT2D eigenvalue weighted by molar-refractivity contribution is 0.586. The van der Waals surface area contributed by atoms with Gasteiger partial charge in [0.1, 0.15) is 5.82 Å². The van der Waals surface area contributed by atoms with Gasteiger partial charge in [-0.1, -0.05) is 6.92 Å².